The number of ether oxygens (including phenoxy) is 2. The van der Waals surface area contributed by atoms with Gasteiger partial charge in [-0.15, -0.1) is 0 Å². The van der Waals surface area contributed by atoms with Crippen molar-refractivity contribution in [1.29, 1.82) is 0 Å². The molecule has 0 fully saturated rings. The first-order valence-electron chi connectivity index (χ1n) is 34.1. The van der Waals surface area contributed by atoms with Crippen molar-refractivity contribution in [2.24, 2.45) is 0 Å². The maximum absolute atomic E-state index is 12.4. The second kappa shape index (κ2) is 69.6. The van der Waals surface area contributed by atoms with Crippen molar-refractivity contribution in [1.82, 2.24) is 0 Å². The smallest absolute Gasteiger partial charge is 0.306 e. The third-order valence-electron chi connectivity index (χ3n) is 14.7. The number of aliphatic hydroxyl groups is 1. The Morgan fingerprint density at radius 1 is 0.300 bits per heavy atom. The van der Waals surface area contributed by atoms with E-state index >= 15 is 0 Å². The summed E-state index contributed by atoms with van der Waals surface area (Å²) in [6.45, 7) is 4.03. The summed E-state index contributed by atoms with van der Waals surface area (Å²) in [5, 5.41) is 9.69. The molecule has 0 bridgehead atoms. The molecule has 0 heterocycles. The van der Waals surface area contributed by atoms with E-state index in [1.807, 2.05) is 0 Å². The SMILES string of the molecule is CC/C=C\C/C=C\C/C=C\C/C=C\C/C=C\C/C=C\C/C=C\C/C=C\CCCCCCCCC(=O)OC(CO)COC(=O)CCCCCCCCCCCCCCCCCCCCCCCCC/C=C\C/C=C\CCCCCCC. The minimum absolute atomic E-state index is 0.0757. The first kappa shape index (κ1) is 76.3. The van der Waals surface area contributed by atoms with Gasteiger partial charge in [-0.1, -0.05) is 322 Å². The molecule has 0 aliphatic rings. The lowest BCUT2D eigenvalue weighted by Gasteiger charge is -2.15. The van der Waals surface area contributed by atoms with E-state index in [-0.39, 0.29) is 25.2 Å². The predicted molar refractivity (Wildman–Crippen MR) is 352 cm³/mol. The van der Waals surface area contributed by atoms with Crippen molar-refractivity contribution in [2.45, 2.75) is 328 Å². The fraction of sp³-hybridized carbons (Fsp3) is 0.707. The molecule has 0 aliphatic carbocycles. The summed E-state index contributed by atoms with van der Waals surface area (Å²) in [6.07, 6.45) is 102. The van der Waals surface area contributed by atoms with Gasteiger partial charge in [0.25, 0.3) is 0 Å². The van der Waals surface area contributed by atoms with E-state index in [1.165, 1.54) is 193 Å². The third-order valence-corrected chi connectivity index (χ3v) is 14.7. The number of esters is 2. The van der Waals surface area contributed by atoms with E-state index in [1.54, 1.807) is 0 Å². The van der Waals surface area contributed by atoms with Crippen molar-refractivity contribution in [3.05, 3.63) is 122 Å². The van der Waals surface area contributed by atoms with Crippen LogP contribution < -0.4 is 0 Å². The number of aliphatic hydroxyl groups excluding tert-OH is 1. The Balaban J connectivity index is 3.50. The zero-order valence-corrected chi connectivity index (χ0v) is 52.6. The molecule has 458 valence electrons. The lowest BCUT2D eigenvalue weighted by atomic mass is 10.0. The first-order valence-corrected chi connectivity index (χ1v) is 34.1. The lowest BCUT2D eigenvalue weighted by molar-refractivity contribution is -0.161. The van der Waals surface area contributed by atoms with Crippen LogP contribution in [0.3, 0.4) is 0 Å². The molecule has 0 aromatic heterocycles. The van der Waals surface area contributed by atoms with Crippen LogP contribution in [0.4, 0.5) is 0 Å². The molecule has 5 heteroatoms. The van der Waals surface area contributed by atoms with Gasteiger partial charge in [0.05, 0.1) is 6.61 Å². The van der Waals surface area contributed by atoms with Gasteiger partial charge < -0.3 is 14.6 Å². The van der Waals surface area contributed by atoms with Gasteiger partial charge in [0.1, 0.15) is 6.61 Å². The second-order valence-electron chi connectivity index (χ2n) is 22.5. The number of allylic oxidation sites excluding steroid dienone is 20. The molecular weight excluding hydrogens is 981 g/mol. The lowest BCUT2D eigenvalue weighted by Crippen LogP contribution is -2.28. The molecular formula is C75H128O5. The van der Waals surface area contributed by atoms with E-state index in [4.69, 9.17) is 9.47 Å². The number of hydrogen-bond donors (Lipinski definition) is 1. The van der Waals surface area contributed by atoms with Gasteiger partial charge in [-0.25, -0.2) is 0 Å². The monoisotopic (exact) mass is 1110 g/mol. The molecule has 0 saturated carbocycles. The molecule has 0 aliphatic heterocycles. The summed E-state index contributed by atoms with van der Waals surface area (Å²) >= 11 is 0. The van der Waals surface area contributed by atoms with E-state index < -0.39 is 6.10 Å². The van der Waals surface area contributed by atoms with Gasteiger partial charge >= 0.3 is 11.9 Å². The average Bonchev–Trinajstić information content (AvgIpc) is 3.46. The molecule has 0 radical (unpaired) electrons. The topological polar surface area (TPSA) is 72.8 Å². The van der Waals surface area contributed by atoms with Gasteiger partial charge in [-0.2, -0.15) is 0 Å². The van der Waals surface area contributed by atoms with Crippen LogP contribution in [-0.4, -0.2) is 36.4 Å². The van der Waals surface area contributed by atoms with Gasteiger partial charge in [0.15, 0.2) is 6.10 Å². The molecule has 0 aromatic rings. The second-order valence-corrected chi connectivity index (χ2v) is 22.5. The van der Waals surface area contributed by atoms with E-state index in [0.29, 0.717) is 12.8 Å². The number of unbranched alkanes of at least 4 members (excludes halogenated alkanes) is 34. The summed E-state index contributed by atoms with van der Waals surface area (Å²) in [5.74, 6) is -0.602. The first-order chi connectivity index (χ1) is 39.6. The minimum atomic E-state index is -0.789. The molecule has 0 amide bonds. The average molecular weight is 1110 g/mol. The Labute approximate surface area is 496 Å². The quantitative estimate of drug-likeness (QED) is 0.0373. The maximum Gasteiger partial charge on any atom is 0.306 e. The molecule has 1 N–H and O–H groups in total. The zero-order chi connectivity index (χ0) is 57.6. The van der Waals surface area contributed by atoms with Crippen LogP contribution in [-0.2, 0) is 19.1 Å². The predicted octanol–water partition coefficient (Wildman–Crippen LogP) is 23.8. The highest BCUT2D eigenvalue weighted by molar-refractivity contribution is 5.70. The number of carbonyl (C=O) groups excluding carboxylic acids is 2. The summed E-state index contributed by atoms with van der Waals surface area (Å²) in [5.41, 5.74) is 0. The Morgan fingerprint density at radius 2 is 0.537 bits per heavy atom. The van der Waals surface area contributed by atoms with Gasteiger partial charge in [-0.05, 0) is 109 Å². The van der Waals surface area contributed by atoms with Crippen LogP contribution in [0.25, 0.3) is 0 Å². The largest absolute Gasteiger partial charge is 0.462 e. The van der Waals surface area contributed by atoms with Gasteiger partial charge in [0.2, 0.25) is 0 Å². The Bertz CT molecular complexity index is 1590. The molecule has 1 unspecified atom stereocenters. The number of carbonyl (C=O) groups is 2. The van der Waals surface area contributed by atoms with Crippen LogP contribution in [0.15, 0.2) is 122 Å². The van der Waals surface area contributed by atoms with Crippen LogP contribution in [0.5, 0.6) is 0 Å². The van der Waals surface area contributed by atoms with E-state index in [0.717, 1.165) is 103 Å². The molecule has 5 nitrogen and oxygen atoms in total. The molecule has 1 atom stereocenters. The van der Waals surface area contributed by atoms with Crippen LogP contribution in [0.2, 0.25) is 0 Å². The standard InChI is InChI=1S/C75H128O5/c1-3-5-7-9-11-13-15-17-19-21-23-25-27-29-31-33-35-36-37-38-40-41-43-45-47-49-51-53-55-57-59-61-63-65-67-69-74(77)79-72-73(71-76)80-75(78)70-68-66-64-62-60-58-56-54-52-50-48-46-44-42-39-34-32-30-28-26-24-22-20-18-16-14-12-10-8-6-4-2/h6,8,12,14-15,17-18,20-21,23-24,26,30,32,39,42,46,48,52,54,73,76H,3-5,7,9-11,13,16,19,22,25,27-29,31,33-38,40-41,43-45,47,49-51,53,55-72H2,1-2H3/b8-6-,14-12-,17-15-,20-18-,23-21-,26-24-,32-30-,42-39-,48-46-,54-52-. The Kier molecular flexibility index (Phi) is 66.4. The van der Waals surface area contributed by atoms with Gasteiger partial charge in [-0.3, -0.25) is 9.59 Å². The van der Waals surface area contributed by atoms with Crippen molar-refractivity contribution in [2.75, 3.05) is 13.2 Å². The van der Waals surface area contributed by atoms with Crippen molar-refractivity contribution in [3.8, 4) is 0 Å². The summed E-state index contributed by atoms with van der Waals surface area (Å²) < 4.78 is 10.7. The molecule has 0 rings (SSSR count). The molecule has 80 heavy (non-hydrogen) atoms. The van der Waals surface area contributed by atoms with Crippen LogP contribution in [0.1, 0.15) is 322 Å². The van der Waals surface area contributed by atoms with E-state index in [2.05, 4.69) is 135 Å². The summed E-state index contributed by atoms with van der Waals surface area (Å²) in [4.78, 5) is 24.6. The molecule has 0 aromatic carbocycles. The normalized spacial score (nSPS) is 13.0. The van der Waals surface area contributed by atoms with Crippen molar-refractivity contribution < 1.29 is 24.2 Å². The maximum atomic E-state index is 12.4. The highest BCUT2D eigenvalue weighted by atomic mass is 16.6. The Hall–Kier alpha value is -3.70. The van der Waals surface area contributed by atoms with Crippen LogP contribution in [0, 0.1) is 0 Å². The highest BCUT2D eigenvalue weighted by Crippen LogP contribution is 2.17. The molecule has 0 saturated heterocycles. The summed E-state index contributed by atoms with van der Waals surface area (Å²) in [7, 11) is 0. The third kappa shape index (κ3) is 66.8. The van der Waals surface area contributed by atoms with Gasteiger partial charge in [0, 0.05) is 12.8 Å². The van der Waals surface area contributed by atoms with Crippen molar-refractivity contribution >= 4 is 11.9 Å². The number of hydrogen-bond acceptors (Lipinski definition) is 5. The Morgan fingerprint density at radius 3 is 0.812 bits per heavy atom. The fourth-order valence-electron chi connectivity index (χ4n) is 9.66. The zero-order valence-electron chi connectivity index (χ0n) is 52.6. The molecule has 0 spiro atoms. The number of rotatable bonds is 62. The fourth-order valence-corrected chi connectivity index (χ4v) is 9.66. The summed E-state index contributed by atoms with van der Waals surface area (Å²) in [6, 6.07) is 0. The minimum Gasteiger partial charge on any atom is -0.462 e. The van der Waals surface area contributed by atoms with Crippen molar-refractivity contribution in [3.63, 3.8) is 0 Å². The van der Waals surface area contributed by atoms with E-state index in [9.17, 15) is 14.7 Å². The van der Waals surface area contributed by atoms with Crippen LogP contribution >= 0.6 is 0 Å². The highest BCUT2D eigenvalue weighted by Gasteiger charge is 2.16.